The topological polar surface area (TPSA) is 21.3 Å². The van der Waals surface area contributed by atoms with Crippen LogP contribution in [0.3, 0.4) is 0 Å². The highest BCUT2D eigenvalue weighted by Gasteiger charge is 1.93. The molecule has 0 aliphatic heterocycles. The zero-order valence-corrected chi connectivity index (χ0v) is 7.85. The summed E-state index contributed by atoms with van der Waals surface area (Å²) < 4.78 is 4.90. The second-order valence-corrected chi connectivity index (χ2v) is 2.91. The summed E-state index contributed by atoms with van der Waals surface area (Å²) in [7, 11) is 1.67. The first-order valence-electron chi connectivity index (χ1n) is 4.04. The fourth-order valence-corrected chi connectivity index (χ4v) is 1.01. The van der Waals surface area contributed by atoms with Gasteiger partial charge in [-0.05, 0) is 37.1 Å². The molecule has 0 saturated carbocycles. The molecule has 0 bridgehead atoms. The van der Waals surface area contributed by atoms with E-state index < -0.39 is 0 Å². The van der Waals surface area contributed by atoms with Crippen LogP contribution in [-0.4, -0.2) is 13.8 Å². The summed E-state index contributed by atoms with van der Waals surface area (Å²) in [4.78, 5) is 0. The Balaban J connectivity index is 2.69. The van der Waals surface area contributed by atoms with Crippen molar-refractivity contribution in [3.8, 4) is 0 Å². The van der Waals surface area contributed by atoms with Crippen molar-refractivity contribution in [3.05, 3.63) is 29.3 Å². The molecule has 0 radical (unpaired) electrons. The maximum Gasteiger partial charge on any atom is 0.116 e. The number of benzene rings is 1. The molecule has 0 fully saturated rings. The van der Waals surface area contributed by atoms with Gasteiger partial charge in [0.05, 0.1) is 0 Å². The molecule has 0 unspecified atom stereocenters. The largest absolute Gasteiger partial charge is 0.365 e. The molecule has 0 spiro atoms. The van der Waals surface area contributed by atoms with Crippen LogP contribution in [0.15, 0.2) is 18.2 Å². The molecule has 1 aromatic rings. The van der Waals surface area contributed by atoms with Crippen molar-refractivity contribution in [3.63, 3.8) is 0 Å². The average molecular weight is 165 g/mol. The molecule has 12 heavy (non-hydrogen) atoms. The van der Waals surface area contributed by atoms with Crippen molar-refractivity contribution in [2.75, 3.05) is 19.2 Å². The molecule has 0 saturated heterocycles. The first-order valence-corrected chi connectivity index (χ1v) is 4.04. The number of anilines is 1. The minimum absolute atomic E-state index is 0.558. The summed E-state index contributed by atoms with van der Waals surface area (Å²) in [5.74, 6) is 0. The number of ether oxygens (including phenoxy) is 1. The van der Waals surface area contributed by atoms with E-state index in [1.165, 1.54) is 11.1 Å². The number of aryl methyl sites for hydroxylation is 2. The van der Waals surface area contributed by atoms with E-state index in [1.807, 2.05) is 0 Å². The third kappa shape index (κ3) is 2.24. The Morgan fingerprint density at radius 3 is 2.58 bits per heavy atom. The van der Waals surface area contributed by atoms with Gasteiger partial charge in [0.25, 0.3) is 0 Å². The monoisotopic (exact) mass is 165 g/mol. The molecule has 1 aromatic carbocycles. The van der Waals surface area contributed by atoms with E-state index in [-0.39, 0.29) is 0 Å². The Morgan fingerprint density at radius 2 is 2.00 bits per heavy atom. The van der Waals surface area contributed by atoms with Gasteiger partial charge in [0.2, 0.25) is 0 Å². The van der Waals surface area contributed by atoms with Gasteiger partial charge in [-0.25, -0.2) is 0 Å². The number of hydrogen-bond donors (Lipinski definition) is 1. The van der Waals surface area contributed by atoms with Gasteiger partial charge < -0.3 is 10.1 Å². The summed E-state index contributed by atoms with van der Waals surface area (Å²) in [5.41, 5.74) is 3.73. The third-order valence-electron chi connectivity index (χ3n) is 1.93. The molecule has 1 N–H and O–H groups in total. The van der Waals surface area contributed by atoms with E-state index in [4.69, 9.17) is 4.74 Å². The minimum atomic E-state index is 0.558. The lowest BCUT2D eigenvalue weighted by Crippen LogP contribution is -2.02. The molecule has 0 heterocycles. The third-order valence-corrected chi connectivity index (χ3v) is 1.93. The smallest absolute Gasteiger partial charge is 0.116 e. The second-order valence-electron chi connectivity index (χ2n) is 2.91. The summed E-state index contributed by atoms with van der Waals surface area (Å²) in [6.45, 7) is 4.77. The molecule has 2 heteroatoms. The van der Waals surface area contributed by atoms with E-state index in [0.717, 1.165) is 5.69 Å². The summed E-state index contributed by atoms with van der Waals surface area (Å²) in [6.07, 6.45) is 0. The Kier molecular flexibility index (Phi) is 3.11. The van der Waals surface area contributed by atoms with E-state index >= 15 is 0 Å². The second kappa shape index (κ2) is 4.12. The average Bonchev–Trinajstić information content (AvgIpc) is 2.07. The maximum absolute atomic E-state index is 4.90. The van der Waals surface area contributed by atoms with Crippen molar-refractivity contribution in [2.24, 2.45) is 0 Å². The first-order chi connectivity index (χ1) is 5.74. The van der Waals surface area contributed by atoms with Crippen LogP contribution in [-0.2, 0) is 4.74 Å². The van der Waals surface area contributed by atoms with Crippen LogP contribution in [0, 0.1) is 13.8 Å². The van der Waals surface area contributed by atoms with Crippen LogP contribution < -0.4 is 5.32 Å². The molecule has 0 aromatic heterocycles. The van der Waals surface area contributed by atoms with Crippen molar-refractivity contribution in [2.45, 2.75) is 13.8 Å². The summed E-state index contributed by atoms with van der Waals surface area (Å²) >= 11 is 0. The zero-order chi connectivity index (χ0) is 8.97. The number of methoxy groups -OCH3 is 1. The van der Waals surface area contributed by atoms with Crippen LogP contribution in [0.2, 0.25) is 0 Å². The van der Waals surface area contributed by atoms with Gasteiger partial charge in [-0.15, -0.1) is 0 Å². The number of nitrogens with one attached hydrogen (secondary N) is 1. The van der Waals surface area contributed by atoms with Gasteiger partial charge in [0.1, 0.15) is 6.73 Å². The lowest BCUT2D eigenvalue weighted by molar-refractivity contribution is 0.221. The standard InChI is InChI=1S/C10H15NO/c1-8-4-5-10(6-9(8)2)11-7-12-3/h4-6,11H,7H2,1-3H3. The first kappa shape index (κ1) is 9.07. The SMILES string of the molecule is COCNc1ccc(C)c(C)c1. The molecule has 0 amide bonds. The van der Waals surface area contributed by atoms with E-state index in [1.54, 1.807) is 7.11 Å². The Labute approximate surface area is 73.6 Å². The van der Waals surface area contributed by atoms with Crippen molar-refractivity contribution in [1.82, 2.24) is 0 Å². The van der Waals surface area contributed by atoms with Gasteiger partial charge in [-0.2, -0.15) is 0 Å². The van der Waals surface area contributed by atoms with Gasteiger partial charge in [0, 0.05) is 12.8 Å². The fourth-order valence-electron chi connectivity index (χ4n) is 1.01. The van der Waals surface area contributed by atoms with Crippen LogP contribution in [0.1, 0.15) is 11.1 Å². The predicted octanol–water partition coefficient (Wildman–Crippen LogP) is 2.32. The molecule has 66 valence electrons. The number of rotatable bonds is 3. The van der Waals surface area contributed by atoms with Crippen LogP contribution in [0.4, 0.5) is 5.69 Å². The summed E-state index contributed by atoms with van der Waals surface area (Å²) in [5, 5.41) is 3.14. The highest BCUT2D eigenvalue weighted by molar-refractivity contribution is 5.47. The molecular formula is C10H15NO. The van der Waals surface area contributed by atoms with Gasteiger partial charge in [-0.3, -0.25) is 0 Å². The molecule has 1 rings (SSSR count). The van der Waals surface area contributed by atoms with E-state index in [9.17, 15) is 0 Å². The van der Waals surface area contributed by atoms with Crippen LogP contribution >= 0.6 is 0 Å². The summed E-state index contributed by atoms with van der Waals surface area (Å²) in [6, 6.07) is 6.28. The predicted molar refractivity (Wildman–Crippen MR) is 51.4 cm³/mol. The molecule has 2 nitrogen and oxygen atoms in total. The lowest BCUT2D eigenvalue weighted by Gasteiger charge is -2.06. The Hall–Kier alpha value is -1.02. The van der Waals surface area contributed by atoms with Crippen molar-refractivity contribution >= 4 is 5.69 Å². The van der Waals surface area contributed by atoms with Gasteiger partial charge in [0.15, 0.2) is 0 Å². The minimum Gasteiger partial charge on any atom is -0.365 e. The van der Waals surface area contributed by atoms with Crippen LogP contribution in [0.25, 0.3) is 0 Å². The van der Waals surface area contributed by atoms with Gasteiger partial charge in [-0.1, -0.05) is 6.07 Å². The van der Waals surface area contributed by atoms with Crippen LogP contribution in [0.5, 0.6) is 0 Å². The Morgan fingerprint density at radius 1 is 1.25 bits per heavy atom. The van der Waals surface area contributed by atoms with E-state index in [0.29, 0.717) is 6.73 Å². The quantitative estimate of drug-likeness (QED) is 0.694. The highest BCUT2D eigenvalue weighted by Crippen LogP contribution is 2.13. The maximum atomic E-state index is 4.90. The molecule has 0 aliphatic carbocycles. The van der Waals surface area contributed by atoms with E-state index in [2.05, 4.69) is 37.4 Å². The lowest BCUT2D eigenvalue weighted by atomic mass is 10.1. The molecular weight excluding hydrogens is 150 g/mol. The Bertz CT molecular complexity index is 258. The zero-order valence-electron chi connectivity index (χ0n) is 7.85. The van der Waals surface area contributed by atoms with Gasteiger partial charge >= 0.3 is 0 Å². The fraction of sp³-hybridized carbons (Fsp3) is 0.400. The molecule has 0 aliphatic rings. The van der Waals surface area contributed by atoms with Crippen molar-refractivity contribution < 1.29 is 4.74 Å². The van der Waals surface area contributed by atoms with Crippen molar-refractivity contribution in [1.29, 1.82) is 0 Å². The highest BCUT2D eigenvalue weighted by atomic mass is 16.5. The number of hydrogen-bond acceptors (Lipinski definition) is 2. The molecule has 0 atom stereocenters. The normalized spacial score (nSPS) is 9.92.